The van der Waals surface area contributed by atoms with Crippen molar-refractivity contribution in [3.63, 3.8) is 0 Å². The van der Waals surface area contributed by atoms with E-state index in [1.807, 2.05) is 11.3 Å². The first kappa shape index (κ1) is 17.7. The first-order valence-electron chi connectivity index (χ1n) is 9.23. The monoisotopic (exact) mass is 374 g/mol. The van der Waals surface area contributed by atoms with Crippen molar-refractivity contribution in [1.82, 2.24) is 20.0 Å². The predicted octanol–water partition coefficient (Wildman–Crippen LogP) is 2.20. The summed E-state index contributed by atoms with van der Waals surface area (Å²) in [5.41, 5.74) is 0.604. The van der Waals surface area contributed by atoms with E-state index < -0.39 is 0 Å². The van der Waals surface area contributed by atoms with E-state index in [-0.39, 0.29) is 11.5 Å². The maximum Gasteiger partial charge on any atom is 0.269 e. The average Bonchev–Trinajstić information content (AvgIpc) is 3.28. The molecule has 2 aliphatic rings. The molecular weight excluding hydrogens is 348 g/mol. The summed E-state index contributed by atoms with van der Waals surface area (Å²) in [5, 5.41) is 7.07. The largest absolute Gasteiger partial charge is 0.372 e. The lowest BCUT2D eigenvalue weighted by Gasteiger charge is -2.50. The van der Waals surface area contributed by atoms with Crippen molar-refractivity contribution in [2.45, 2.75) is 31.9 Å². The minimum atomic E-state index is -0.0544. The molecule has 1 atom stereocenters. The van der Waals surface area contributed by atoms with E-state index in [1.165, 1.54) is 9.75 Å². The van der Waals surface area contributed by atoms with Crippen molar-refractivity contribution in [1.29, 1.82) is 0 Å². The maximum absolute atomic E-state index is 12.2. The molecule has 4 rings (SSSR count). The van der Waals surface area contributed by atoms with Gasteiger partial charge >= 0.3 is 0 Å². The van der Waals surface area contributed by atoms with Crippen molar-refractivity contribution in [2.24, 2.45) is 13.0 Å². The third-order valence-electron chi connectivity index (χ3n) is 5.59. The normalized spacial score (nSPS) is 21.8. The van der Waals surface area contributed by atoms with Gasteiger partial charge in [0.25, 0.3) is 5.91 Å². The molecule has 140 valence electrons. The van der Waals surface area contributed by atoms with Crippen LogP contribution in [0.25, 0.3) is 0 Å². The molecule has 0 aliphatic carbocycles. The Hall–Kier alpha value is -1.70. The Kier molecular flexibility index (Phi) is 4.86. The van der Waals surface area contributed by atoms with Gasteiger partial charge in [0.1, 0.15) is 5.69 Å². The van der Waals surface area contributed by atoms with Crippen molar-refractivity contribution < 1.29 is 9.53 Å². The van der Waals surface area contributed by atoms with Crippen LogP contribution in [0.1, 0.15) is 33.1 Å². The summed E-state index contributed by atoms with van der Waals surface area (Å²) in [4.78, 5) is 17.5. The molecular formula is C19H26N4O2S. The number of nitrogens with zero attached hydrogens (tertiary/aromatic N) is 3. The molecule has 2 saturated heterocycles. The standard InChI is InChI=1S/C19H26N4O2S/c1-14-3-4-16(26-14)11-23-12-19(13-23)15(7-10-25-19)5-8-20-18(24)17-6-9-21-22(17)2/h3-4,6,9,15H,5,7-8,10-13H2,1-2H3,(H,20,24). The predicted molar refractivity (Wildman–Crippen MR) is 101 cm³/mol. The molecule has 2 aliphatic heterocycles. The van der Waals surface area contributed by atoms with Gasteiger partial charge in [0.05, 0.1) is 5.60 Å². The number of ether oxygens (including phenoxy) is 1. The van der Waals surface area contributed by atoms with Gasteiger partial charge in [-0.1, -0.05) is 0 Å². The van der Waals surface area contributed by atoms with Crippen LogP contribution >= 0.6 is 11.3 Å². The van der Waals surface area contributed by atoms with Crippen molar-refractivity contribution >= 4 is 17.2 Å². The summed E-state index contributed by atoms with van der Waals surface area (Å²) in [6.07, 6.45) is 3.70. The molecule has 2 fully saturated rings. The molecule has 1 unspecified atom stereocenters. The molecule has 6 nitrogen and oxygen atoms in total. The van der Waals surface area contributed by atoms with E-state index in [0.717, 1.165) is 39.1 Å². The number of likely N-dealkylation sites (tertiary alicyclic amines) is 1. The van der Waals surface area contributed by atoms with Gasteiger partial charge in [0, 0.05) is 55.8 Å². The highest BCUT2D eigenvalue weighted by atomic mass is 32.1. The molecule has 2 aromatic rings. The minimum absolute atomic E-state index is 0.00353. The fraction of sp³-hybridized carbons (Fsp3) is 0.579. The first-order chi connectivity index (χ1) is 12.6. The molecule has 2 aromatic heterocycles. The number of aromatic nitrogens is 2. The quantitative estimate of drug-likeness (QED) is 0.842. The molecule has 0 radical (unpaired) electrons. The smallest absolute Gasteiger partial charge is 0.269 e. The van der Waals surface area contributed by atoms with E-state index in [1.54, 1.807) is 24.0 Å². The molecule has 1 amide bonds. The molecule has 7 heteroatoms. The summed E-state index contributed by atoms with van der Waals surface area (Å²) < 4.78 is 7.75. The lowest BCUT2D eigenvalue weighted by Crippen LogP contribution is -2.64. The number of carbonyl (C=O) groups excluding carboxylic acids is 1. The number of nitrogens with one attached hydrogen (secondary N) is 1. The summed E-state index contributed by atoms with van der Waals surface area (Å²) in [7, 11) is 1.78. The topological polar surface area (TPSA) is 59.4 Å². The third-order valence-corrected chi connectivity index (χ3v) is 6.58. The highest BCUT2D eigenvalue weighted by molar-refractivity contribution is 7.11. The van der Waals surface area contributed by atoms with Gasteiger partial charge in [-0.3, -0.25) is 14.4 Å². The van der Waals surface area contributed by atoms with E-state index in [2.05, 4.69) is 34.4 Å². The molecule has 4 heterocycles. The number of amides is 1. The maximum atomic E-state index is 12.2. The highest BCUT2D eigenvalue weighted by Crippen LogP contribution is 2.42. The van der Waals surface area contributed by atoms with Crippen LogP contribution in [-0.2, 0) is 18.3 Å². The number of aryl methyl sites for hydroxylation is 2. The van der Waals surface area contributed by atoms with Gasteiger partial charge in [-0.2, -0.15) is 5.10 Å². The van der Waals surface area contributed by atoms with Gasteiger partial charge in [0.15, 0.2) is 0 Å². The van der Waals surface area contributed by atoms with E-state index in [9.17, 15) is 4.79 Å². The first-order valence-corrected chi connectivity index (χ1v) is 10.1. The van der Waals surface area contributed by atoms with E-state index in [0.29, 0.717) is 18.2 Å². The molecule has 0 bridgehead atoms. The summed E-state index contributed by atoms with van der Waals surface area (Å²) in [5.74, 6) is 0.469. The molecule has 0 saturated carbocycles. The lowest BCUT2D eigenvalue weighted by molar-refractivity contribution is -0.136. The Bertz CT molecular complexity index is 778. The fourth-order valence-corrected chi connectivity index (χ4v) is 5.14. The second-order valence-corrected chi connectivity index (χ2v) is 8.81. The van der Waals surface area contributed by atoms with E-state index in [4.69, 9.17) is 4.74 Å². The van der Waals surface area contributed by atoms with Crippen LogP contribution in [0.4, 0.5) is 0 Å². The van der Waals surface area contributed by atoms with Crippen molar-refractivity contribution in [3.05, 3.63) is 39.8 Å². The van der Waals surface area contributed by atoms with Crippen LogP contribution in [0.2, 0.25) is 0 Å². The van der Waals surface area contributed by atoms with Crippen LogP contribution in [0.3, 0.4) is 0 Å². The number of hydrogen-bond acceptors (Lipinski definition) is 5. The van der Waals surface area contributed by atoms with Crippen LogP contribution in [0.5, 0.6) is 0 Å². The van der Waals surface area contributed by atoms with E-state index >= 15 is 0 Å². The average molecular weight is 375 g/mol. The zero-order valence-corrected chi connectivity index (χ0v) is 16.2. The second kappa shape index (κ2) is 7.13. The summed E-state index contributed by atoms with van der Waals surface area (Å²) >= 11 is 1.88. The Morgan fingerprint density at radius 1 is 1.42 bits per heavy atom. The minimum Gasteiger partial charge on any atom is -0.372 e. The lowest BCUT2D eigenvalue weighted by atomic mass is 9.79. The van der Waals surface area contributed by atoms with Crippen molar-refractivity contribution in [2.75, 3.05) is 26.2 Å². The number of thiophene rings is 1. The fourth-order valence-electron chi connectivity index (χ4n) is 4.20. The Morgan fingerprint density at radius 2 is 2.27 bits per heavy atom. The van der Waals surface area contributed by atoms with Gasteiger partial charge in [-0.25, -0.2) is 0 Å². The second-order valence-electron chi connectivity index (χ2n) is 7.44. The zero-order chi connectivity index (χ0) is 18.1. The SMILES string of the molecule is Cc1ccc(CN2CC3(C2)OCCC3CCNC(=O)c2ccnn2C)s1. The van der Waals surface area contributed by atoms with Crippen LogP contribution in [0.15, 0.2) is 24.4 Å². The Balaban J connectivity index is 1.25. The van der Waals surface area contributed by atoms with Gasteiger partial charge < -0.3 is 10.1 Å². The summed E-state index contributed by atoms with van der Waals surface area (Å²) in [6, 6.07) is 6.16. The third kappa shape index (κ3) is 3.43. The number of hydrogen-bond donors (Lipinski definition) is 1. The molecule has 26 heavy (non-hydrogen) atoms. The van der Waals surface area contributed by atoms with Crippen LogP contribution in [-0.4, -0.2) is 52.4 Å². The van der Waals surface area contributed by atoms with Crippen molar-refractivity contribution in [3.8, 4) is 0 Å². The van der Waals surface area contributed by atoms with Crippen LogP contribution in [0, 0.1) is 12.8 Å². The Labute approximate surface area is 158 Å². The summed E-state index contributed by atoms with van der Waals surface area (Å²) in [6.45, 7) is 6.71. The van der Waals surface area contributed by atoms with Gasteiger partial charge in [-0.05, 0) is 43.9 Å². The van der Waals surface area contributed by atoms with Gasteiger partial charge in [-0.15, -0.1) is 11.3 Å². The highest BCUT2D eigenvalue weighted by Gasteiger charge is 2.52. The zero-order valence-electron chi connectivity index (χ0n) is 15.4. The molecule has 1 N–H and O–H groups in total. The Morgan fingerprint density at radius 3 is 2.96 bits per heavy atom. The van der Waals surface area contributed by atoms with Gasteiger partial charge in [0.2, 0.25) is 0 Å². The molecule has 0 aromatic carbocycles. The number of carbonyl (C=O) groups is 1. The van der Waals surface area contributed by atoms with Crippen LogP contribution < -0.4 is 5.32 Å². The number of rotatable bonds is 6. The molecule has 1 spiro atoms.